The molecule has 0 saturated heterocycles. The maximum Gasteiger partial charge on any atom is 0.337 e. The molecule has 2 rings (SSSR count). The summed E-state index contributed by atoms with van der Waals surface area (Å²) in [5, 5.41) is 3.12. The van der Waals surface area contributed by atoms with Gasteiger partial charge in [0.15, 0.2) is 0 Å². The van der Waals surface area contributed by atoms with Gasteiger partial charge in [0, 0.05) is 17.0 Å². The lowest BCUT2D eigenvalue weighted by molar-refractivity contribution is -0.139. The van der Waals surface area contributed by atoms with Gasteiger partial charge in [-0.05, 0) is 45.4 Å². The predicted molar refractivity (Wildman–Crippen MR) is 108 cm³/mol. The average Bonchev–Trinajstić information content (AvgIpc) is 2.67. The molecular formula is C23H25NO4. The summed E-state index contributed by atoms with van der Waals surface area (Å²) in [6.07, 6.45) is 9.09. The largest absolute Gasteiger partial charge is 0.463 e. The summed E-state index contributed by atoms with van der Waals surface area (Å²) in [6, 6.07) is 7.25. The van der Waals surface area contributed by atoms with Gasteiger partial charge in [0.2, 0.25) is 0 Å². The van der Waals surface area contributed by atoms with Gasteiger partial charge in [-0.2, -0.15) is 0 Å². The van der Waals surface area contributed by atoms with E-state index in [1.165, 1.54) is 0 Å². The first-order valence-electron chi connectivity index (χ1n) is 9.15. The summed E-state index contributed by atoms with van der Waals surface area (Å²) in [5.41, 5.74) is 3.41. The molecule has 5 nitrogen and oxygen atoms in total. The molecule has 1 unspecified atom stereocenters. The number of esters is 2. The average molecular weight is 379 g/mol. The number of terminal acetylenes is 1. The van der Waals surface area contributed by atoms with E-state index in [1.54, 1.807) is 45.1 Å². The van der Waals surface area contributed by atoms with Crippen molar-refractivity contribution in [1.82, 2.24) is 5.32 Å². The van der Waals surface area contributed by atoms with Crippen LogP contribution in [-0.4, -0.2) is 25.2 Å². The van der Waals surface area contributed by atoms with Crippen molar-refractivity contribution >= 4 is 11.9 Å². The van der Waals surface area contributed by atoms with Crippen LogP contribution < -0.4 is 5.32 Å². The summed E-state index contributed by atoms with van der Waals surface area (Å²) in [7, 11) is 0. The minimum Gasteiger partial charge on any atom is -0.463 e. The third-order valence-electron chi connectivity index (χ3n) is 4.41. The number of rotatable bonds is 6. The van der Waals surface area contributed by atoms with Gasteiger partial charge in [0.1, 0.15) is 6.61 Å². The molecule has 0 saturated carbocycles. The van der Waals surface area contributed by atoms with Crippen molar-refractivity contribution in [2.75, 3.05) is 13.2 Å². The number of allylic oxidation sites excluding steroid dienone is 3. The van der Waals surface area contributed by atoms with Crippen molar-refractivity contribution in [3.05, 3.63) is 70.1 Å². The minimum absolute atomic E-state index is 0.153. The first kappa shape index (κ1) is 21.0. The number of dihydropyridines is 1. The Bertz CT molecular complexity index is 899. The van der Waals surface area contributed by atoms with Crippen LogP contribution in [0.3, 0.4) is 0 Å². The molecule has 1 aliphatic heterocycles. The maximum atomic E-state index is 12.9. The van der Waals surface area contributed by atoms with Gasteiger partial charge in [-0.25, -0.2) is 9.59 Å². The minimum atomic E-state index is -0.633. The van der Waals surface area contributed by atoms with Crippen LogP contribution in [0.4, 0.5) is 0 Å². The number of hydrogen-bond donors (Lipinski definition) is 1. The molecular weight excluding hydrogens is 354 g/mol. The van der Waals surface area contributed by atoms with Crippen LogP contribution in [0.2, 0.25) is 0 Å². The van der Waals surface area contributed by atoms with Gasteiger partial charge in [-0.3, -0.25) is 0 Å². The van der Waals surface area contributed by atoms with Crippen LogP contribution in [0, 0.1) is 12.3 Å². The quantitative estimate of drug-likeness (QED) is 0.465. The van der Waals surface area contributed by atoms with Crippen molar-refractivity contribution < 1.29 is 19.1 Å². The molecule has 0 bridgehead atoms. The lowest BCUT2D eigenvalue weighted by Gasteiger charge is -2.30. The van der Waals surface area contributed by atoms with E-state index < -0.39 is 17.9 Å². The van der Waals surface area contributed by atoms with Crippen LogP contribution in [0.5, 0.6) is 0 Å². The van der Waals surface area contributed by atoms with Crippen LogP contribution in [0.25, 0.3) is 0 Å². The molecule has 28 heavy (non-hydrogen) atoms. The fourth-order valence-electron chi connectivity index (χ4n) is 3.18. The summed E-state index contributed by atoms with van der Waals surface area (Å²) in [6.45, 7) is 7.55. The van der Waals surface area contributed by atoms with E-state index in [1.807, 2.05) is 19.1 Å². The second-order valence-corrected chi connectivity index (χ2v) is 6.29. The fraction of sp³-hybridized carbons (Fsp3) is 0.304. The van der Waals surface area contributed by atoms with E-state index in [4.69, 9.17) is 15.9 Å². The maximum absolute atomic E-state index is 12.9. The monoisotopic (exact) mass is 379 g/mol. The van der Waals surface area contributed by atoms with E-state index in [-0.39, 0.29) is 13.2 Å². The Balaban J connectivity index is 2.60. The van der Waals surface area contributed by atoms with E-state index in [0.29, 0.717) is 28.1 Å². The Morgan fingerprint density at radius 1 is 1.18 bits per heavy atom. The molecule has 5 heteroatoms. The van der Waals surface area contributed by atoms with Crippen molar-refractivity contribution in [3.8, 4) is 12.3 Å². The van der Waals surface area contributed by atoms with Gasteiger partial charge >= 0.3 is 11.9 Å². The third-order valence-corrected chi connectivity index (χ3v) is 4.41. The molecule has 1 heterocycles. The second-order valence-electron chi connectivity index (χ2n) is 6.29. The summed E-state index contributed by atoms with van der Waals surface area (Å²) >= 11 is 0. The second kappa shape index (κ2) is 9.61. The highest BCUT2D eigenvalue weighted by atomic mass is 16.5. The highest BCUT2D eigenvalue weighted by molar-refractivity contribution is 5.99. The van der Waals surface area contributed by atoms with Crippen molar-refractivity contribution in [2.24, 2.45) is 0 Å². The summed E-state index contributed by atoms with van der Waals surface area (Å²) in [4.78, 5) is 25.6. The van der Waals surface area contributed by atoms with Gasteiger partial charge in [-0.15, -0.1) is 6.42 Å². The molecule has 1 aromatic carbocycles. The zero-order valence-electron chi connectivity index (χ0n) is 16.7. The Hall–Kier alpha value is -3.26. The number of nitrogens with one attached hydrogen (secondary N) is 1. The highest BCUT2D eigenvalue weighted by Gasteiger charge is 2.37. The smallest absolute Gasteiger partial charge is 0.337 e. The molecule has 1 atom stereocenters. The number of ether oxygens (including phenoxy) is 2. The van der Waals surface area contributed by atoms with E-state index in [0.717, 1.165) is 5.56 Å². The molecule has 146 valence electrons. The van der Waals surface area contributed by atoms with Crippen LogP contribution >= 0.6 is 0 Å². The van der Waals surface area contributed by atoms with Crippen molar-refractivity contribution in [1.29, 1.82) is 0 Å². The Morgan fingerprint density at radius 3 is 2.39 bits per heavy atom. The fourth-order valence-corrected chi connectivity index (χ4v) is 3.18. The third kappa shape index (κ3) is 4.52. The topological polar surface area (TPSA) is 64.6 Å². The Morgan fingerprint density at radius 2 is 1.82 bits per heavy atom. The lowest BCUT2D eigenvalue weighted by Crippen LogP contribution is -2.32. The van der Waals surface area contributed by atoms with Crippen LogP contribution in [-0.2, 0) is 19.1 Å². The summed E-state index contributed by atoms with van der Waals surface area (Å²) < 4.78 is 10.6. The molecule has 0 amide bonds. The van der Waals surface area contributed by atoms with Crippen LogP contribution in [0.1, 0.15) is 44.7 Å². The number of benzene rings is 1. The Labute approximate surface area is 166 Å². The normalized spacial score (nSPS) is 16.6. The van der Waals surface area contributed by atoms with Crippen molar-refractivity contribution in [2.45, 2.75) is 33.6 Å². The van der Waals surface area contributed by atoms with Gasteiger partial charge in [-0.1, -0.05) is 30.2 Å². The van der Waals surface area contributed by atoms with Gasteiger partial charge in [0.25, 0.3) is 0 Å². The molecule has 1 aliphatic rings. The SMILES string of the molecule is C#Cc1cccc(C2C(C(=O)OCC)=C(C)NC(C)=C2C(=O)OC/C=C/C)c1. The summed E-state index contributed by atoms with van der Waals surface area (Å²) in [5.74, 6) is 0.993. The van der Waals surface area contributed by atoms with E-state index >= 15 is 0 Å². The number of carbonyl (C=O) groups is 2. The number of carbonyl (C=O) groups excluding carboxylic acids is 2. The molecule has 0 fully saturated rings. The highest BCUT2D eigenvalue weighted by Crippen LogP contribution is 2.39. The first-order chi connectivity index (χ1) is 13.4. The zero-order valence-corrected chi connectivity index (χ0v) is 16.7. The Kier molecular flexibility index (Phi) is 7.22. The molecule has 0 aromatic heterocycles. The van der Waals surface area contributed by atoms with Gasteiger partial charge < -0.3 is 14.8 Å². The standard InChI is InChI=1S/C23H25NO4/c1-6-9-13-28-23(26)20-16(5)24-15(4)19(22(25)27-8-3)21(20)18-12-10-11-17(7-2)14-18/h2,6,9-12,14,21,24H,8,13H2,1,3-5H3/b9-6+. The molecule has 0 aliphatic carbocycles. The lowest BCUT2D eigenvalue weighted by atomic mass is 9.80. The van der Waals surface area contributed by atoms with Gasteiger partial charge in [0.05, 0.1) is 23.7 Å². The molecule has 0 spiro atoms. The predicted octanol–water partition coefficient (Wildman–Crippen LogP) is 3.59. The zero-order chi connectivity index (χ0) is 20.7. The van der Waals surface area contributed by atoms with E-state index in [2.05, 4.69) is 11.2 Å². The number of hydrogen-bond acceptors (Lipinski definition) is 5. The molecule has 1 N–H and O–H groups in total. The molecule has 0 radical (unpaired) electrons. The van der Waals surface area contributed by atoms with E-state index in [9.17, 15) is 9.59 Å². The first-order valence-corrected chi connectivity index (χ1v) is 9.15. The van der Waals surface area contributed by atoms with Crippen LogP contribution in [0.15, 0.2) is 59.0 Å². The van der Waals surface area contributed by atoms with Crippen molar-refractivity contribution in [3.63, 3.8) is 0 Å². The molecule has 1 aromatic rings.